The zero-order chi connectivity index (χ0) is 11.8. The van der Waals surface area contributed by atoms with Crippen LogP contribution in [0.4, 0.5) is 0 Å². The Bertz CT molecular complexity index is 418. The molecular weight excluding hydrogens is 334 g/mol. The normalized spacial score (nSPS) is 8.88. The molecule has 17 heavy (non-hydrogen) atoms. The third kappa shape index (κ3) is 5.57. The van der Waals surface area contributed by atoms with Gasteiger partial charge in [-0.25, -0.2) is 0 Å². The first-order valence-corrected chi connectivity index (χ1v) is 11.2. The second-order valence-electron chi connectivity index (χ2n) is 3.22. The van der Waals surface area contributed by atoms with Crippen LogP contribution < -0.4 is 0 Å². The van der Waals surface area contributed by atoms with E-state index in [9.17, 15) is 0 Å². The molecule has 0 aliphatic rings. The van der Waals surface area contributed by atoms with Crippen molar-refractivity contribution >= 4 is 27.9 Å². The first-order valence-electron chi connectivity index (χ1n) is 4.90. The van der Waals surface area contributed by atoms with Gasteiger partial charge in [-0.15, -0.1) is 6.54 Å². The van der Waals surface area contributed by atoms with E-state index in [-0.39, 0.29) is 7.43 Å². The summed E-state index contributed by atoms with van der Waals surface area (Å²) in [5, 5.41) is 5.43. The van der Waals surface area contributed by atoms with E-state index >= 15 is 0 Å². The fourth-order valence-corrected chi connectivity index (χ4v) is 1.57. The molecule has 2 rings (SSSR count). The molecule has 1 heterocycles. The quantitative estimate of drug-likeness (QED) is 0.788. The fourth-order valence-electron chi connectivity index (χ4n) is 1.57. The number of nitrogens with zero attached hydrogens (tertiary/aromatic N) is 1. The topological polar surface area (TPSA) is 29.9 Å². The number of aromatic amines is 1. The van der Waals surface area contributed by atoms with Gasteiger partial charge in [0.1, 0.15) is 0 Å². The standard InChI is InChI=1S/C11H13N2.CH3.2ClH.Zr/c1-12-7-6-9-8-13-11-5-3-2-4-10(9)11;;;;/h2-5,8,13H,6-7H2,1H3;1H3;2*1H;/q2*-1;;;+4/p-2. The molecule has 1 aromatic carbocycles. The second kappa shape index (κ2) is 10.1. The van der Waals surface area contributed by atoms with Gasteiger partial charge in [-0.3, -0.25) is 0 Å². The number of H-pyrrole nitrogens is 1. The van der Waals surface area contributed by atoms with Crippen LogP contribution in [-0.4, -0.2) is 18.6 Å². The van der Waals surface area contributed by atoms with E-state index in [1.54, 1.807) is 0 Å². The molecule has 2 aromatic rings. The van der Waals surface area contributed by atoms with Gasteiger partial charge in [0.2, 0.25) is 0 Å². The van der Waals surface area contributed by atoms with E-state index in [0.29, 0.717) is 0 Å². The van der Waals surface area contributed by atoms with Crippen molar-refractivity contribution in [3.05, 3.63) is 48.8 Å². The molecule has 0 unspecified atom stereocenters. The molecule has 0 atom stereocenters. The van der Waals surface area contributed by atoms with E-state index in [0.717, 1.165) is 13.0 Å². The molecule has 0 bridgehead atoms. The predicted octanol–water partition coefficient (Wildman–Crippen LogP) is 4.54. The van der Waals surface area contributed by atoms with Crippen LogP contribution in [0.1, 0.15) is 5.56 Å². The average Bonchev–Trinajstić information content (AvgIpc) is 2.71. The molecule has 5 heteroatoms. The summed E-state index contributed by atoms with van der Waals surface area (Å²) in [5.41, 5.74) is 2.58. The summed E-state index contributed by atoms with van der Waals surface area (Å²) in [6.07, 6.45) is 3.11. The molecule has 0 fully saturated rings. The van der Waals surface area contributed by atoms with Gasteiger partial charge in [0, 0.05) is 17.1 Å². The van der Waals surface area contributed by atoms with Crippen LogP contribution >= 0.6 is 17.0 Å². The molecule has 92 valence electrons. The molecule has 0 amide bonds. The van der Waals surface area contributed by atoms with Crippen molar-refractivity contribution in [2.24, 2.45) is 0 Å². The van der Waals surface area contributed by atoms with E-state index in [1.165, 1.54) is 16.5 Å². The average molecular weight is 350 g/mol. The van der Waals surface area contributed by atoms with Crippen LogP contribution in [0.15, 0.2) is 30.5 Å². The number of para-hydroxylation sites is 1. The summed E-state index contributed by atoms with van der Waals surface area (Å²) in [5.74, 6) is 0. The number of halogens is 2. The summed E-state index contributed by atoms with van der Waals surface area (Å²) in [6.45, 7) is 0.905. The zero-order valence-corrected chi connectivity index (χ0v) is 14.0. The van der Waals surface area contributed by atoms with Crippen molar-refractivity contribution in [2.45, 2.75) is 6.42 Å². The number of nitrogens with one attached hydrogen (secondary N) is 1. The van der Waals surface area contributed by atoms with E-state index in [1.807, 2.05) is 13.1 Å². The van der Waals surface area contributed by atoms with E-state index in [2.05, 4.69) is 34.7 Å². The number of benzene rings is 1. The minimum absolute atomic E-state index is 0. The Kier molecular flexibility index (Phi) is 10.2. The maximum absolute atomic E-state index is 4.93. The second-order valence-corrected chi connectivity index (χ2v) is 6.95. The van der Waals surface area contributed by atoms with Crippen LogP contribution in [-0.2, 0) is 27.3 Å². The Balaban J connectivity index is 0.000000583. The molecule has 0 aliphatic carbocycles. The molecule has 1 aromatic heterocycles. The molecule has 2 nitrogen and oxygen atoms in total. The Morgan fingerprint density at radius 3 is 2.59 bits per heavy atom. The summed E-state index contributed by atoms with van der Waals surface area (Å²) in [6, 6.07) is 8.37. The number of fused-ring (bicyclic) bond motifs is 1. The first kappa shape index (κ1) is 17.2. The number of hydrogen-bond acceptors (Lipinski definition) is 0. The molecule has 0 spiro atoms. The minimum atomic E-state index is -0.826. The molecular formula is C12H16Cl2N2Zr. The van der Waals surface area contributed by atoms with Gasteiger partial charge >= 0.3 is 37.9 Å². The van der Waals surface area contributed by atoms with Gasteiger partial charge in [0.15, 0.2) is 0 Å². The summed E-state index contributed by atoms with van der Waals surface area (Å²) in [4.78, 5) is 3.26. The van der Waals surface area contributed by atoms with Crippen molar-refractivity contribution in [3.63, 3.8) is 0 Å². The monoisotopic (exact) mass is 348 g/mol. The van der Waals surface area contributed by atoms with Crippen molar-refractivity contribution in [1.29, 1.82) is 0 Å². The van der Waals surface area contributed by atoms with Crippen LogP contribution in [0.5, 0.6) is 0 Å². The third-order valence-electron chi connectivity index (χ3n) is 2.28. The summed E-state index contributed by atoms with van der Waals surface area (Å²) in [7, 11) is 11.7. The summed E-state index contributed by atoms with van der Waals surface area (Å²) < 4.78 is 0. The van der Waals surface area contributed by atoms with Crippen molar-refractivity contribution in [2.75, 3.05) is 13.6 Å². The molecule has 0 aliphatic heterocycles. The Hall–Kier alpha value is 0.183. The van der Waals surface area contributed by atoms with Crippen molar-refractivity contribution in [3.8, 4) is 0 Å². The zero-order valence-electron chi connectivity index (χ0n) is 10.0. The van der Waals surface area contributed by atoms with Gasteiger partial charge in [0.05, 0.1) is 0 Å². The van der Waals surface area contributed by atoms with E-state index in [4.69, 9.17) is 17.0 Å². The Morgan fingerprint density at radius 1 is 1.29 bits per heavy atom. The van der Waals surface area contributed by atoms with Crippen LogP contribution in [0.3, 0.4) is 0 Å². The molecule has 0 saturated heterocycles. The van der Waals surface area contributed by atoms with Crippen LogP contribution in [0.2, 0.25) is 0 Å². The third-order valence-corrected chi connectivity index (χ3v) is 2.28. The SMILES string of the molecule is C[N-]CCc1c[nH]c2ccccc12.[CH3-].[Cl][Zr+2][Cl]. The predicted molar refractivity (Wildman–Crippen MR) is 74.3 cm³/mol. The molecule has 0 saturated carbocycles. The molecule has 1 N–H and O–H groups in total. The number of hydrogen-bond donors (Lipinski definition) is 1. The van der Waals surface area contributed by atoms with Crippen LogP contribution in [0.25, 0.3) is 16.2 Å². The number of likely N-dealkylation sites (N-methyl/N-ethyl adjacent to an activating group) is 1. The fraction of sp³-hybridized carbons (Fsp3) is 0.250. The van der Waals surface area contributed by atoms with Crippen molar-refractivity contribution in [1.82, 2.24) is 4.98 Å². The Morgan fingerprint density at radius 2 is 1.94 bits per heavy atom. The summed E-state index contributed by atoms with van der Waals surface area (Å²) >= 11 is -0.826. The molecule has 0 radical (unpaired) electrons. The van der Waals surface area contributed by atoms with Gasteiger partial charge in [-0.1, -0.05) is 18.2 Å². The van der Waals surface area contributed by atoms with Gasteiger partial charge < -0.3 is 17.7 Å². The Labute approximate surface area is 122 Å². The van der Waals surface area contributed by atoms with Crippen molar-refractivity contribution < 1.29 is 20.8 Å². The van der Waals surface area contributed by atoms with E-state index < -0.39 is 20.8 Å². The van der Waals surface area contributed by atoms with Gasteiger partial charge in [-0.2, -0.15) is 7.05 Å². The number of aromatic nitrogens is 1. The van der Waals surface area contributed by atoms with Gasteiger partial charge in [-0.05, 0) is 18.1 Å². The number of rotatable bonds is 3. The first-order chi connectivity index (χ1) is 7.83. The van der Waals surface area contributed by atoms with Gasteiger partial charge in [0.25, 0.3) is 0 Å². The van der Waals surface area contributed by atoms with Crippen LogP contribution in [0, 0.1) is 7.43 Å². The maximum atomic E-state index is 4.93.